The zero-order valence-corrected chi connectivity index (χ0v) is 11.4. The summed E-state index contributed by atoms with van der Waals surface area (Å²) in [4.78, 5) is 12.0. The molecule has 2 atom stereocenters. The molecular weight excluding hydrogens is 228 g/mol. The number of aliphatic hydroxyl groups is 1. The standard InChI is InChI=1S/C14H26N2O2/c1-11-5-8-15-12(9-11)13(17)16-10-14(18)6-3-2-4-7-14/h11-12,15,18H,2-10H2,1H3,(H,16,17). The van der Waals surface area contributed by atoms with E-state index in [0.29, 0.717) is 12.5 Å². The van der Waals surface area contributed by atoms with Crippen LogP contribution in [-0.2, 0) is 4.79 Å². The highest BCUT2D eigenvalue weighted by Gasteiger charge is 2.31. The van der Waals surface area contributed by atoms with Crippen molar-refractivity contribution >= 4 is 5.91 Å². The predicted octanol–water partition coefficient (Wildman–Crippen LogP) is 1.19. The molecule has 1 aliphatic heterocycles. The highest BCUT2D eigenvalue weighted by atomic mass is 16.3. The molecule has 18 heavy (non-hydrogen) atoms. The van der Waals surface area contributed by atoms with Crippen molar-refractivity contribution < 1.29 is 9.90 Å². The van der Waals surface area contributed by atoms with Crippen molar-refractivity contribution in [2.24, 2.45) is 5.92 Å². The average Bonchev–Trinajstić information content (AvgIpc) is 2.37. The first-order chi connectivity index (χ1) is 8.59. The molecule has 0 bridgehead atoms. The minimum absolute atomic E-state index is 0.0561. The van der Waals surface area contributed by atoms with Crippen molar-refractivity contribution in [3.05, 3.63) is 0 Å². The van der Waals surface area contributed by atoms with Gasteiger partial charge in [-0.3, -0.25) is 4.79 Å². The fraction of sp³-hybridized carbons (Fsp3) is 0.929. The lowest BCUT2D eigenvalue weighted by molar-refractivity contribution is -0.125. The first-order valence-corrected chi connectivity index (χ1v) is 7.32. The molecule has 2 aliphatic rings. The second-order valence-corrected chi connectivity index (χ2v) is 6.14. The van der Waals surface area contributed by atoms with Crippen molar-refractivity contribution in [1.82, 2.24) is 10.6 Å². The van der Waals surface area contributed by atoms with E-state index in [2.05, 4.69) is 17.6 Å². The Morgan fingerprint density at radius 3 is 2.78 bits per heavy atom. The molecule has 1 saturated carbocycles. The zero-order valence-electron chi connectivity index (χ0n) is 11.4. The maximum atomic E-state index is 12.0. The van der Waals surface area contributed by atoms with Gasteiger partial charge >= 0.3 is 0 Å². The summed E-state index contributed by atoms with van der Waals surface area (Å²) >= 11 is 0. The highest BCUT2D eigenvalue weighted by molar-refractivity contribution is 5.81. The maximum Gasteiger partial charge on any atom is 0.237 e. The number of hydrogen-bond donors (Lipinski definition) is 3. The Balaban J connectivity index is 1.76. The van der Waals surface area contributed by atoms with Crippen LogP contribution in [0.15, 0.2) is 0 Å². The van der Waals surface area contributed by atoms with Crippen molar-refractivity contribution in [2.75, 3.05) is 13.1 Å². The Bertz CT molecular complexity index is 288. The predicted molar refractivity (Wildman–Crippen MR) is 71.2 cm³/mol. The van der Waals surface area contributed by atoms with Gasteiger partial charge in [-0.15, -0.1) is 0 Å². The molecule has 4 nitrogen and oxygen atoms in total. The lowest BCUT2D eigenvalue weighted by Crippen LogP contribution is -2.52. The molecule has 1 saturated heterocycles. The molecule has 3 N–H and O–H groups in total. The summed E-state index contributed by atoms with van der Waals surface area (Å²) in [5.74, 6) is 0.667. The van der Waals surface area contributed by atoms with Gasteiger partial charge < -0.3 is 15.7 Å². The van der Waals surface area contributed by atoms with E-state index >= 15 is 0 Å². The minimum Gasteiger partial charge on any atom is -0.388 e. The molecule has 2 unspecified atom stereocenters. The smallest absolute Gasteiger partial charge is 0.237 e. The fourth-order valence-corrected chi connectivity index (χ4v) is 3.07. The van der Waals surface area contributed by atoms with Crippen molar-refractivity contribution in [1.29, 1.82) is 0 Å². The third-order valence-electron chi connectivity index (χ3n) is 4.36. The Morgan fingerprint density at radius 1 is 1.39 bits per heavy atom. The Morgan fingerprint density at radius 2 is 2.11 bits per heavy atom. The molecule has 0 aromatic heterocycles. The molecule has 1 aliphatic carbocycles. The molecule has 104 valence electrons. The van der Waals surface area contributed by atoms with E-state index < -0.39 is 5.60 Å². The van der Waals surface area contributed by atoms with Crippen LogP contribution in [0.2, 0.25) is 0 Å². The first kappa shape index (κ1) is 13.8. The van der Waals surface area contributed by atoms with Gasteiger partial charge in [0.2, 0.25) is 5.91 Å². The summed E-state index contributed by atoms with van der Waals surface area (Å²) in [7, 11) is 0. The van der Waals surface area contributed by atoms with E-state index in [1.54, 1.807) is 0 Å². The van der Waals surface area contributed by atoms with Crippen molar-refractivity contribution in [2.45, 2.75) is 63.5 Å². The molecule has 0 radical (unpaired) electrons. The number of amides is 1. The Labute approximate surface area is 110 Å². The number of piperidine rings is 1. The van der Waals surface area contributed by atoms with Gasteiger partial charge in [0.15, 0.2) is 0 Å². The third kappa shape index (κ3) is 3.69. The largest absolute Gasteiger partial charge is 0.388 e. The normalized spacial score (nSPS) is 31.9. The lowest BCUT2D eigenvalue weighted by atomic mass is 9.84. The van der Waals surface area contributed by atoms with E-state index in [9.17, 15) is 9.90 Å². The van der Waals surface area contributed by atoms with Gasteiger partial charge in [-0.05, 0) is 38.1 Å². The van der Waals surface area contributed by atoms with Gasteiger partial charge in [-0.25, -0.2) is 0 Å². The van der Waals surface area contributed by atoms with Crippen LogP contribution in [0.1, 0.15) is 51.9 Å². The van der Waals surface area contributed by atoms with Crippen LogP contribution in [-0.4, -0.2) is 35.7 Å². The van der Waals surface area contributed by atoms with Crippen LogP contribution in [0.4, 0.5) is 0 Å². The van der Waals surface area contributed by atoms with Gasteiger partial charge in [0.1, 0.15) is 0 Å². The van der Waals surface area contributed by atoms with Crippen LogP contribution in [0.5, 0.6) is 0 Å². The quantitative estimate of drug-likeness (QED) is 0.709. The molecule has 0 aromatic rings. The number of carbonyl (C=O) groups is 1. The minimum atomic E-state index is -0.659. The topological polar surface area (TPSA) is 61.4 Å². The van der Waals surface area contributed by atoms with Crippen LogP contribution in [0, 0.1) is 5.92 Å². The second kappa shape index (κ2) is 6.02. The van der Waals surface area contributed by atoms with Crippen LogP contribution in [0.25, 0.3) is 0 Å². The average molecular weight is 254 g/mol. The van der Waals surface area contributed by atoms with Gasteiger partial charge in [0.05, 0.1) is 11.6 Å². The molecule has 4 heteroatoms. The second-order valence-electron chi connectivity index (χ2n) is 6.14. The number of rotatable bonds is 3. The van der Waals surface area contributed by atoms with Gasteiger partial charge in [0, 0.05) is 6.54 Å². The summed E-state index contributed by atoms with van der Waals surface area (Å²) in [6, 6.07) is -0.0686. The Hall–Kier alpha value is -0.610. The summed E-state index contributed by atoms with van der Waals surface area (Å²) in [5.41, 5.74) is -0.659. The summed E-state index contributed by atoms with van der Waals surface area (Å²) in [6.45, 7) is 3.53. The lowest BCUT2D eigenvalue weighted by Gasteiger charge is -2.33. The van der Waals surface area contributed by atoms with Crippen molar-refractivity contribution in [3.63, 3.8) is 0 Å². The zero-order chi connectivity index (χ0) is 13.0. The molecule has 2 rings (SSSR count). The summed E-state index contributed by atoms with van der Waals surface area (Å²) in [6.07, 6.45) is 7.05. The van der Waals surface area contributed by atoms with E-state index in [4.69, 9.17) is 0 Å². The molecule has 1 heterocycles. The third-order valence-corrected chi connectivity index (χ3v) is 4.36. The molecule has 0 spiro atoms. The van der Waals surface area contributed by atoms with E-state index in [0.717, 1.165) is 45.1 Å². The van der Waals surface area contributed by atoms with Gasteiger partial charge in [-0.2, -0.15) is 0 Å². The maximum absolute atomic E-state index is 12.0. The van der Waals surface area contributed by atoms with Gasteiger partial charge in [0.25, 0.3) is 0 Å². The number of hydrogen-bond acceptors (Lipinski definition) is 3. The van der Waals surface area contributed by atoms with Crippen LogP contribution < -0.4 is 10.6 Å². The van der Waals surface area contributed by atoms with E-state index in [1.165, 1.54) is 6.42 Å². The monoisotopic (exact) mass is 254 g/mol. The summed E-state index contributed by atoms with van der Waals surface area (Å²) < 4.78 is 0. The van der Waals surface area contributed by atoms with E-state index in [1.807, 2.05) is 0 Å². The Kier molecular flexibility index (Phi) is 4.62. The molecule has 0 aromatic carbocycles. The molecule has 2 fully saturated rings. The summed E-state index contributed by atoms with van der Waals surface area (Å²) in [5, 5.41) is 16.5. The highest BCUT2D eigenvalue weighted by Crippen LogP contribution is 2.27. The van der Waals surface area contributed by atoms with Crippen LogP contribution in [0.3, 0.4) is 0 Å². The fourth-order valence-electron chi connectivity index (χ4n) is 3.07. The molecule has 1 amide bonds. The molecular formula is C14H26N2O2. The SMILES string of the molecule is CC1CCNC(C(=O)NCC2(O)CCCCC2)C1. The number of carbonyl (C=O) groups excluding carboxylic acids is 1. The number of nitrogens with one attached hydrogen (secondary N) is 2. The van der Waals surface area contributed by atoms with Crippen LogP contribution >= 0.6 is 0 Å². The van der Waals surface area contributed by atoms with E-state index in [-0.39, 0.29) is 11.9 Å². The van der Waals surface area contributed by atoms with Gasteiger partial charge in [-0.1, -0.05) is 26.2 Å². The van der Waals surface area contributed by atoms with Crippen molar-refractivity contribution in [3.8, 4) is 0 Å². The first-order valence-electron chi connectivity index (χ1n) is 7.32.